The summed E-state index contributed by atoms with van der Waals surface area (Å²) < 4.78 is 81.1. The molecule has 0 bridgehead atoms. The van der Waals surface area contributed by atoms with E-state index in [1.54, 1.807) is 6.92 Å². The number of nitrogens with zero attached hydrogens (tertiary/aromatic N) is 5. The summed E-state index contributed by atoms with van der Waals surface area (Å²) in [4.78, 5) is 17.1. The third-order valence-corrected chi connectivity index (χ3v) is 9.14. The average Bonchev–Trinajstić information content (AvgIpc) is 3.47. The predicted octanol–water partition coefficient (Wildman–Crippen LogP) is 5.06. The van der Waals surface area contributed by atoms with Crippen LogP contribution in [0.25, 0.3) is 0 Å². The molecule has 3 saturated heterocycles. The summed E-state index contributed by atoms with van der Waals surface area (Å²) in [5.74, 6) is 0.274. The molecule has 0 spiro atoms. The smallest absolute Gasteiger partial charge is 0.419 e. The standard InChI is InChI=1S/C28H32ClF5N6O3/c1-26(41)4-2-6-39(13-26)24-16-12-42-19(22-21(28(32,33)34)17(29)8-20(35)37-22)9-18(16)36-25(38-24)43-14-27-5-3-7-40(27)11-15(10-27)23(30)31/h8,19,41H,2-7,9-14H2,1H3,(H2,35,37)/t19-,26+,27-/m0/s1. The Bertz CT molecular complexity index is 1450. The molecule has 4 aliphatic rings. The van der Waals surface area contributed by atoms with Crippen molar-refractivity contribution in [1.29, 1.82) is 0 Å². The van der Waals surface area contributed by atoms with Crippen molar-refractivity contribution >= 4 is 23.2 Å². The maximum Gasteiger partial charge on any atom is 0.419 e. The van der Waals surface area contributed by atoms with Gasteiger partial charge in [-0.15, -0.1) is 0 Å². The van der Waals surface area contributed by atoms with Crippen molar-refractivity contribution in [2.45, 2.75) is 75.5 Å². The van der Waals surface area contributed by atoms with Crippen LogP contribution in [-0.2, 0) is 23.9 Å². The van der Waals surface area contributed by atoms with Gasteiger partial charge in [-0.05, 0) is 51.6 Å². The number of anilines is 2. The molecule has 6 rings (SSSR count). The molecule has 3 atom stereocenters. The summed E-state index contributed by atoms with van der Waals surface area (Å²) in [5.41, 5.74) is 3.67. The zero-order valence-corrected chi connectivity index (χ0v) is 24.2. The Kier molecular flexibility index (Phi) is 7.71. The van der Waals surface area contributed by atoms with Gasteiger partial charge in [-0.3, -0.25) is 4.90 Å². The first kappa shape index (κ1) is 30.2. The summed E-state index contributed by atoms with van der Waals surface area (Å²) in [6, 6.07) is 0.928. The van der Waals surface area contributed by atoms with Gasteiger partial charge in [0.15, 0.2) is 0 Å². The molecule has 0 unspecified atom stereocenters. The van der Waals surface area contributed by atoms with Crippen molar-refractivity contribution in [2.75, 3.05) is 43.4 Å². The first-order valence-corrected chi connectivity index (χ1v) is 14.6. The molecule has 43 heavy (non-hydrogen) atoms. The third kappa shape index (κ3) is 5.86. The van der Waals surface area contributed by atoms with Gasteiger partial charge in [0.05, 0.1) is 39.7 Å². The Labute approximate surface area is 249 Å². The maximum absolute atomic E-state index is 14.0. The molecule has 2 aromatic heterocycles. The number of rotatable bonds is 5. The third-order valence-electron chi connectivity index (χ3n) is 8.84. The van der Waals surface area contributed by atoms with E-state index in [0.29, 0.717) is 49.4 Å². The molecule has 0 radical (unpaired) electrons. The molecule has 3 N–H and O–H groups in total. The lowest BCUT2D eigenvalue weighted by Gasteiger charge is -2.39. The van der Waals surface area contributed by atoms with Crippen LogP contribution in [0.5, 0.6) is 6.01 Å². The first-order chi connectivity index (χ1) is 20.2. The van der Waals surface area contributed by atoms with E-state index >= 15 is 0 Å². The molecule has 6 heterocycles. The quantitative estimate of drug-likeness (QED) is 0.438. The monoisotopic (exact) mass is 630 g/mol. The molecule has 4 aliphatic heterocycles. The van der Waals surface area contributed by atoms with Gasteiger partial charge in [0.2, 0.25) is 0 Å². The second-order valence-corrected chi connectivity index (χ2v) is 12.6. The van der Waals surface area contributed by atoms with Crippen LogP contribution >= 0.6 is 11.6 Å². The van der Waals surface area contributed by atoms with Crippen molar-refractivity contribution < 1.29 is 36.5 Å². The van der Waals surface area contributed by atoms with E-state index in [1.807, 2.05) is 9.80 Å². The van der Waals surface area contributed by atoms with Crippen molar-refractivity contribution in [3.05, 3.63) is 45.3 Å². The van der Waals surface area contributed by atoms with E-state index in [4.69, 9.17) is 26.8 Å². The first-order valence-electron chi connectivity index (χ1n) is 14.2. The Balaban J connectivity index is 1.35. The van der Waals surface area contributed by atoms with E-state index < -0.39 is 45.8 Å². The number of aromatic nitrogens is 3. The van der Waals surface area contributed by atoms with Crippen LogP contribution in [0.2, 0.25) is 5.02 Å². The van der Waals surface area contributed by atoms with Gasteiger partial charge < -0.3 is 25.2 Å². The number of aliphatic hydroxyl groups is 1. The number of fused-ring (bicyclic) bond motifs is 2. The molecule has 0 aromatic carbocycles. The fraction of sp³-hybridized carbons (Fsp3) is 0.607. The van der Waals surface area contributed by atoms with Crippen LogP contribution in [-0.4, -0.2) is 68.9 Å². The zero-order valence-electron chi connectivity index (χ0n) is 23.5. The maximum atomic E-state index is 14.0. The number of nitrogen functional groups attached to an aromatic ring is 1. The number of nitrogens with two attached hydrogens (primary N) is 1. The highest BCUT2D eigenvalue weighted by atomic mass is 35.5. The van der Waals surface area contributed by atoms with Gasteiger partial charge in [0.1, 0.15) is 24.3 Å². The molecule has 0 saturated carbocycles. The lowest BCUT2D eigenvalue weighted by atomic mass is 9.93. The van der Waals surface area contributed by atoms with E-state index in [-0.39, 0.29) is 56.5 Å². The van der Waals surface area contributed by atoms with E-state index in [1.165, 1.54) is 0 Å². The predicted molar refractivity (Wildman–Crippen MR) is 147 cm³/mol. The van der Waals surface area contributed by atoms with Crippen LogP contribution in [0.4, 0.5) is 33.6 Å². The fourth-order valence-electron chi connectivity index (χ4n) is 6.86. The highest BCUT2D eigenvalue weighted by Gasteiger charge is 2.48. The normalized spacial score (nSPS) is 27.8. The van der Waals surface area contributed by atoms with Crippen LogP contribution in [0, 0.1) is 0 Å². The molecule has 9 nitrogen and oxygen atoms in total. The van der Waals surface area contributed by atoms with Crippen LogP contribution < -0.4 is 15.4 Å². The zero-order chi connectivity index (χ0) is 30.7. The number of halogens is 6. The number of alkyl halides is 3. The number of hydrogen-bond donors (Lipinski definition) is 2. The molecule has 234 valence electrons. The Hall–Kier alpha value is -2.81. The van der Waals surface area contributed by atoms with Gasteiger partial charge in [-0.2, -0.15) is 31.9 Å². The van der Waals surface area contributed by atoms with Crippen molar-refractivity contribution in [3.8, 4) is 6.01 Å². The van der Waals surface area contributed by atoms with Crippen molar-refractivity contribution in [3.63, 3.8) is 0 Å². The summed E-state index contributed by atoms with van der Waals surface area (Å²) >= 11 is 5.97. The van der Waals surface area contributed by atoms with E-state index in [9.17, 15) is 27.1 Å². The van der Waals surface area contributed by atoms with Crippen LogP contribution in [0.1, 0.15) is 67.6 Å². The molecule has 3 fully saturated rings. The highest BCUT2D eigenvalue weighted by Crippen LogP contribution is 2.45. The van der Waals surface area contributed by atoms with Crippen LogP contribution in [0.15, 0.2) is 17.7 Å². The number of ether oxygens (including phenoxy) is 2. The fourth-order valence-corrected chi connectivity index (χ4v) is 7.18. The molecular weight excluding hydrogens is 599 g/mol. The summed E-state index contributed by atoms with van der Waals surface area (Å²) in [6.07, 6.45) is -4.75. The summed E-state index contributed by atoms with van der Waals surface area (Å²) in [7, 11) is 0. The lowest BCUT2D eigenvalue weighted by Crippen LogP contribution is -2.47. The minimum absolute atomic E-state index is 0.0198. The molecule has 0 amide bonds. The largest absolute Gasteiger partial charge is 0.461 e. The van der Waals surface area contributed by atoms with Gasteiger partial charge in [-0.1, -0.05) is 11.6 Å². The Morgan fingerprint density at radius 1 is 1.21 bits per heavy atom. The van der Waals surface area contributed by atoms with Gasteiger partial charge in [-0.25, -0.2) is 4.98 Å². The van der Waals surface area contributed by atoms with Crippen molar-refractivity contribution in [1.82, 2.24) is 19.9 Å². The average molecular weight is 631 g/mol. The topological polar surface area (TPSA) is 110 Å². The lowest BCUT2D eigenvalue weighted by molar-refractivity contribution is -0.140. The molecule has 15 heteroatoms. The van der Waals surface area contributed by atoms with Crippen LogP contribution in [0.3, 0.4) is 0 Å². The number of pyridine rings is 1. The van der Waals surface area contributed by atoms with E-state index in [2.05, 4.69) is 15.0 Å². The molecule has 0 aliphatic carbocycles. The summed E-state index contributed by atoms with van der Waals surface area (Å²) in [5, 5.41) is 10.2. The Morgan fingerprint density at radius 2 is 1.98 bits per heavy atom. The SMILES string of the molecule is C[C@@]1(O)CCCN(c2nc(OC[C@@]34CCCN3CC(=C(F)F)C4)nc3c2CO[C@H](c2nc(N)cc(Cl)c2C(F)(F)F)C3)C1. The Morgan fingerprint density at radius 3 is 2.70 bits per heavy atom. The van der Waals surface area contributed by atoms with Gasteiger partial charge in [0, 0.05) is 37.2 Å². The minimum atomic E-state index is -4.80. The number of β-amino-alcohol motifs (C(OH)–C–C–N with tert-alkyl or cyclic N) is 1. The van der Waals surface area contributed by atoms with E-state index in [0.717, 1.165) is 12.5 Å². The highest BCUT2D eigenvalue weighted by molar-refractivity contribution is 6.31. The second kappa shape index (κ2) is 11.0. The molecule has 2 aromatic rings. The summed E-state index contributed by atoms with van der Waals surface area (Å²) in [6.45, 7) is 3.39. The number of piperidine rings is 1. The number of hydrogen-bond acceptors (Lipinski definition) is 9. The van der Waals surface area contributed by atoms with Gasteiger partial charge in [0.25, 0.3) is 6.08 Å². The molecular formula is C28H32ClF5N6O3. The minimum Gasteiger partial charge on any atom is -0.461 e. The van der Waals surface area contributed by atoms with Crippen molar-refractivity contribution in [2.24, 2.45) is 0 Å². The van der Waals surface area contributed by atoms with Gasteiger partial charge >= 0.3 is 12.2 Å². The second-order valence-electron chi connectivity index (χ2n) is 12.1.